The molecule has 0 fully saturated rings. The van der Waals surface area contributed by atoms with Gasteiger partial charge in [-0.05, 0) is 64.8 Å². The van der Waals surface area contributed by atoms with Crippen molar-refractivity contribution < 1.29 is 13.2 Å². The van der Waals surface area contributed by atoms with Gasteiger partial charge < -0.3 is 0 Å². The molecule has 0 saturated carbocycles. The van der Waals surface area contributed by atoms with Crippen LogP contribution in [-0.2, 0) is 12.8 Å². The van der Waals surface area contributed by atoms with E-state index in [9.17, 15) is 8.78 Å². The number of aryl methyl sites for hydroxylation is 1. The van der Waals surface area contributed by atoms with Crippen molar-refractivity contribution in [2.24, 2.45) is 0 Å². The van der Waals surface area contributed by atoms with E-state index in [4.69, 9.17) is 0 Å². The molecule has 3 aromatic rings. The molecule has 142 valence electrons. The summed E-state index contributed by atoms with van der Waals surface area (Å²) in [5.41, 5.74) is 5.81. The normalized spacial score (nSPS) is 13.2. The van der Waals surface area contributed by atoms with E-state index >= 15 is 4.39 Å². The summed E-state index contributed by atoms with van der Waals surface area (Å²) in [5.74, 6) is -2.25. The zero-order valence-electron chi connectivity index (χ0n) is 15.7. The maximum Gasteiger partial charge on any atom is 0.159 e. The molecule has 0 aromatic heterocycles. The molecule has 0 saturated heterocycles. The molecule has 0 radical (unpaired) electrons. The number of hydrogen-bond acceptors (Lipinski definition) is 0. The molecule has 3 heteroatoms. The highest BCUT2D eigenvalue weighted by Gasteiger charge is 2.19. The van der Waals surface area contributed by atoms with E-state index in [0.29, 0.717) is 23.1 Å². The Balaban J connectivity index is 1.68. The highest BCUT2D eigenvalue weighted by Crippen LogP contribution is 2.35. The molecule has 0 spiro atoms. The summed E-state index contributed by atoms with van der Waals surface area (Å²) in [4.78, 5) is 0. The molecule has 0 bridgehead atoms. The highest BCUT2D eigenvalue weighted by molar-refractivity contribution is 5.85. The van der Waals surface area contributed by atoms with Crippen LogP contribution in [0, 0.1) is 17.5 Å². The Labute approximate surface area is 163 Å². The lowest BCUT2D eigenvalue weighted by Gasteiger charge is -2.19. The summed E-state index contributed by atoms with van der Waals surface area (Å²) in [7, 11) is 0. The van der Waals surface area contributed by atoms with Crippen molar-refractivity contribution in [3.63, 3.8) is 0 Å². The molecule has 0 amide bonds. The minimum atomic E-state index is -0.969. The molecule has 4 rings (SSSR count). The fraction of sp³-hybridized carbons (Fsp3) is 0.200. The fourth-order valence-corrected chi connectivity index (χ4v) is 3.83. The molecule has 0 N–H and O–H groups in total. The average Bonchev–Trinajstić information content (AvgIpc) is 2.71. The second-order valence-corrected chi connectivity index (χ2v) is 7.24. The Morgan fingerprint density at radius 1 is 0.786 bits per heavy atom. The van der Waals surface area contributed by atoms with Crippen molar-refractivity contribution in [1.29, 1.82) is 0 Å². The van der Waals surface area contributed by atoms with Gasteiger partial charge in [-0.2, -0.15) is 0 Å². The third-order valence-corrected chi connectivity index (χ3v) is 5.35. The first-order valence-electron chi connectivity index (χ1n) is 9.63. The van der Waals surface area contributed by atoms with Crippen LogP contribution in [0.4, 0.5) is 13.2 Å². The predicted molar refractivity (Wildman–Crippen MR) is 108 cm³/mol. The van der Waals surface area contributed by atoms with Gasteiger partial charge in [-0.15, -0.1) is 0 Å². The van der Waals surface area contributed by atoms with Crippen molar-refractivity contribution in [2.75, 3.05) is 0 Å². The Kier molecular flexibility index (Phi) is 5.08. The van der Waals surface area contributed by atoms with Crippen molar-refractivity contribution >= 4 is 11.6 Å². The van der Waals surface area contributed by atoms with E-state index in [1.807, 2.05) is 12.1 Å². The third kappa shape index (κ3) is 3.49. The molecule has 28 heavy (non-hydrogen) atoms. The summed E-state index contributed by atoms with van der Waals surface area (Å²) in [5, 5.41) is 0. The summed E-state index contributed by atoms with van der Waals surface area (Å²) < 4.78 is 41.8. The van der Waals surface area contributed by atoms with Gasteiger partial charge in [0.1, 0.15) is 5.82 Å². The lowest BCUT2D eigenvalue weighted by Crippen LogP contribution is -2.04. The van der Waals surface area contributed by atoms with Crippen molar-refractivity contribution in [1.82, 2.24) is 0 Å². The first-order valence-corrected chi connectivity index (χ1v) is 9.63. The SMILES string of the molecule is CCCc1ccc(C2=Cc3ccc(-c4ccc(F)c(F)c4)c(F)c3CC2)cc1. The number of fused-ring (bicyclic) bond motifs is 1. The molecular formula is C25H21F3. The number of allylic oxidation sites excluding steroid dienone is 1. The van der Waals surface area contributed by atoms with Crippen molar-refractivity contribution in [2.45, 2.75) is 32.6 Å². The minimum Gasteiger partial charge on any atom is -0.206 e. The number of rotatable bonds is 4. The van der Waals surface area contributed by atoms with E-state index in [0.717, 1.165) is 42.5 Å². The van der Waals surface area contributed by atoms with Gasteiger partial charge in [0, 0.05) is 5.56 Å². The molecule has 0 nitrogen and oxygen atoms in total. The molecule has 0 atom stereocenters. The molecular weight excluding hydrogens is 357 g/mol. The number of hydrogen-bond donors (Lipinski definition) is 0. The molecule has 1 aliphatic carbocycles. The van der Waals surface area contributed by atoms with Crippen molar-refractivity contribution in [3.8, 4) is 11.1 Å². The topological polar surface area (TPSA) is 0 Å². The number of benzene rings is 3. The van der Waals surface area contributed by atoms with Gasteiger partial charge in [0.05, 0.1) is 0 Å². The van der Waals surface area contributed by atoms with Gasteiger partial charge in [-0.1, -0.05) is 61.9 Å². The van der Waals surface area contributed by atoms with Crippen LogP contribution >= 0.6 is 0 Å². The van der Waals surface area contributed by atoms with E-state index in [2.05, 4.69) is 31.2 Å². The van der Waals surface area contributed by atoms with Crippen LogP contribution in [0.5, 0.6) is 0 Å². The highest BCUT2D eigenvalue weighted by atomic mass is 19.2. The zero-order chi connectivity index (χ0) is 19.7. The van der Waals surface area contributed by atoms with Crippen LogP contribution in [-0.4, -0.2) is 0 Å². The summed E-state index contributed by atoms with van der Waals surface area (Å²) in [6.45, 7) is 2.16. The van der Waals surface area contributed by atoms with Crippen molar-refractivity contribution in [3.05, 3.63) is 94.3 Å². The van der Waals surface area contributed by atoms with Gasteiger partial charge in [-0.3, -0.25) is 0 Å². The maximum atomic E-state index is 15.1. The Hall–Kier alpha value is -2.81. The van der Waals surface area contributed by atoms with Gasteiger partial charge in [-0.25, -0.2) is 13.2 Å². The maximum absolute atomic E-state index is 15.1. The minimum absolute atomic E-state index is 0.304. The van der Waals surface area contributed by atoms with E-state index < -0.39 is 11.6 Å². The van der Waals surface area contributed by atoms with Crippen LogP contribution in [0.15, 0.2) is 54.6 Å². The van der Waals surface area contributed by atoms with Crippen LogP contribution in [0.25, 0.3) is 22.8 Å². The monoisotopic (exact) mass is 378 g/mol. The first kappa shape index (κ1) is 18.5. The standard InChI is InChI=1S/C25H21F3/c1-2-3-16-4-6-17(7-5-16)18-8-11-21-19(14-18)9-12-22(25(21)28)20-10-13-23(26)24(27)15-20/h4-7,9-10,12-15H,2-3,8,11H2,1H3. The second kappa shape index (κ2) is 7.67. The van der Waals surface area contributed by atoms with Gasteiger partial charge in [0.2, 0.25) is 0 Å². The molecule has 3 aromatic carbocycles. The Morgan fingerprint density at radius 2 is 1.54 bits per heavy atom. The van der Waals surface area contributed by atoms with Crippen LogP contribution in [0.3, 0.4) is 0 Å². The van der Waals surface area contributed by atoms with Crippen LogP contribution < -0.4 is 0 Å². The Morgan fingerprint density at radius 3 is 2.25 bits per heavy atom. The van der Waals surface area contributed by atoms with E-state index in [-0.39, 0.29) is 5.82 Å². The predicted octanol–water partition coefficient (Wildman–Crippen LogP) is 7.21. The molecule has 0 unspecified atom stereocenters. The fourth-order valence-electron chi connectivity index (χ4n) is 3.83. The Bertz CT molecular complexity index is 1050. The summed E-state index contributed by atoms with van der Waals surface area (Å²) in [6.07, 6.45) is 5.56. The van der Waals surface area contributed by atoms with Gasteiger partial charge >= 0.3 is 0 Å². The first-order chi connectivity index (χ1) is 13.6. The van der Waals surface area contributed by atoms with E-state index in [1.165, 1.54) is 17.2 Å². The quantitative estimate of drug-likeness (QED) is 0.450. The molecule has 1 aliphatic rings. The molecule has 0 aliphatic heterocycles. The van der Waals surface area contributed by atoms with Crippen LogP contribution in [0.2, 0.25) is 0 Å². The van der Waals surface area contributed by atoms with E-state index in [1.54, 1.807) is 6.07 Å². The smallest absolute Gasteiger partial charge is 0.159 e. The average molecular weight is 378 g/mol. The lowest BCUT2D eigenvalue weighted by molar-refractivity contribution is 0.509. The number of halogens is 3. The second-order valence-electron chi connectivity index (χ2n) is 7.24. The van der Waals surface area contributed by atoms with Gasteiger partial charge in [0.25, 0.3) is 0 Å². The summed E-state index contributed by atoms with van der Waals surface area (Å²) in [6, 6.07) is 15.6. The summed E-state index contributed by atoms with van der Waals surface area (Å²) >= 11 is 0. The third-order valence-electron chi connectivity index (χ3n) is 5.35. The largest absolute Gasteiger partial charge is 0.206 e. The van der Waals surface area contributed by atoms with Crippen LogP contribution in [0.1, 0.15) is 42.0 Å². The lowest BCUT2D eigenvalue weighted by atomic mass is 9.86. The van der Waals surface area contributed by atoms with Gasteiger partial charge in [0.15, 0.2) is 11.6 Å². The zero-order valence-corrected chi connectivity index (χ0v) is 15.7. The molecule has 0 heterocycles.